The van der Waals surface area contributed by atoms with Crippen LogP contribution in [0.3, 0.4) is 0 Å². The summed E-state index contributed by atoms with van der Waals surface area (Å²) in [7, 11) is 0. The molecule has 0 saturated carbocycles. The van der Waals surface area contributed by atoms with Gasteiger partial charge in [0.2, 0.25) is 0 Å². The largest absolute Gasteiger partial charge is 0.406 e. The summed E-state index contributed by atoms with van der Waals surface area (Å²) >= 11 is 5.88. The monoisotopic (exact) mass is 323 g/mol. The molecule has 0 aliphatic heterocycles. The number of hydrogen-bond donors (Lipinski definition) is 1. The third kappa shape index (κ3) is 5.41. The maximum absolute atomic E-state index is 12.5. The molecule has 1 rings (SSSR count). The topological polar surface area (TPSA) is 45.2 Å². The van der Waals surface area contributed by atoms with Gasteiger partial charge in [0.15, 0.2) is 0 Å². The zero-order valence-electron chi connectivity index (χ0n) is 11.8. The van der Waals surface area contributed by atoms with Gasteiger partial charge in [0.25, 0.3) is 5.91 Å². The van der Waals surface area contributed by atoms with Crippen LogP contribution in [0.1, 0.15) is 30.8 Å². The van der Waals surface area contributed by atoms with E-state index in [1.165, 1.54) is 13.0 Å². The van der Waals surface area contributed by atoms with E-state index in [9.17, 15) is 18.0 Å². The number of aromatic nitrogens is 1. The molecule has 1 amide bonds. The molecule has 0 fully saturated rings. The van der Waals surface area contributed by atoms with Gasteiger partial charge >= 0.3 is 6.18 Å². The van der Waals surface area contributed by atoms with Gasteiger partial charge < -0.3 is 10.2 Å². The molecule has 1 N–H and O–H groups in total. The van der Waals surface area contributed by atoms with Crippen molar-refractivity contribution in [2.24, 2.45) is 0 Å². The van der Waals surface area contributed by atoms with Gasteiger partial charge in [-0.3, -0.25) is 4.79 Å². The summed E-state index contributed by atoms with van der Waals surface area (Å²) in [4.78, 5) is 16.8. The second kappa shape index (κ2) is 7.49. The molecule has 4 nitrogen and oxygen atoms in total. The number of rotatable bonds is 6. The molecule has 8 heteroatoms. The van der Waals surface area contributed by atoms with Gasteiger partial charge in [0.05, 0.1) is 5.02 Å². The van der Waals surface area contributed by atoms with Crippen molar-refractivity contribution in [1.29, 1.82) is 0 Å². The Morgan fingerprint density at radius 2 is 2.05 bits per heavy atom. The SMILES string of the molecule is CCCNc1ccc(Cl)c(C(=O)N(CC)CC(F)(F)F)n1. The molecule has 0 bridgehead atoms. The van der Waals surface area contributed by atoms with Crippen molar-refractivity contribution in [2.45, 2.75) is 26.4 Å². The van der Waals surface area contributed by atoms with E-state index in [2.05, 4.69) is 10.3 Å². The minimum atomic E-state index is -4.46. The minimum absolute atomic E-state index is 0.0303. The molecular formula is C13H17ClF3N3O. The minimum Gasteiger partial charge on any atom is -0.370 e. The second-order valence-electron chi connectivity index (χ2n) is 4.39. The first-order valence-corrected chi connectivity index (χ1v) is 6.92. The normalized spacial score (nSPS) is 11.3. The first-order valence-electron chi connectivity index (χ1n) is 6.55. The summed E-state index contributed by atoms with van der Waals surface area (Å²) in [6.45, 7) is 2.66. The van der Waals surface area contributed by atoms with E-state index < -0.39 is 18.6 Å². The Morgan fingerprint density at radius 3 is 2.57 bits per heavy atom. The van der Waals surface area contributed by atoms with Gasteiger partial charge in [-0.05, 0) is 25.5 Å². The highest BCUT2D eigenvalue weighted by Crippen LogP contribution is 2.22. The van der Waals surface area contributed by atoms with Crippen LogP contribution in [-0.2, 0) is 0 Å². The number of carbonyl (C=O) groups is 1. The Balaban J connectivity index is 2.98. The van der Waals surface area contributed by atoms with Gasteiger partial charge in [0, 0.05) is 13.1 Å². The van der Waals surface area contributed by atoms with E-state index in [1.54, 1.807) is 6.07 Å². The Labute approximate surface area is 126 Å². The molecule has 1 aromatic heterocycles. The van der Waals surface area contributed by atoms with E-state index in [0.29, 0.717) is 17.3 Å². The first kappa shape index (κ1) is 17.6. The van der Waals surface area contributed by atoms with Crippen LogP contribution in [0.2, 0.25) is 5.02 Å². The molecule has 0 saturated heterocycles. The van der Waals surface area contributed by atoms with Crippen LogP contribution in [0, 0.1) is 0 Å². The van der Waals surface area contributed by atoms with Crippen LogP contribution >= 0.6 is 11.6 Å². The third-order valence-electron chi connectivity index (χ3n) is 2.64. The number of carbonyl (C=O) groups excluding carboxylic acids is 1. The lowest BCUT2D eigenvalue weighted by Crippen LogP contribution is -2.39. The van der Waals surface area contributed by atoms with E-state index in [-0.39, 0.29) is 17.3 Å². The molecule has 1 heterocycles. The number of anilines is 1. The summed E-state index contributed by atoms with van der Waals surface area (Å²) in [6, 6.07) is 3.02. The van der Waals surface area contributed by atoms with Crippen molar-refractivity contribution in [2.75, 3.05) is 25.0 Å². The van der Waals surface area contributed by atoms with Gasteiger partial charge in [-0.1, -0.05) is 18.5 Å². The zero-order chi connectivity index (χ0) is 16.0. The molecule has 0 spiro atoms. The molecule has 21 heavy (non-hydrogen) atoms. The fraction of sp³-hybridized carbons (Fsp3) is 0.538. The highest BCUT2D eigenvalue weighted by Gasteiger charge is 2.33. The second-order valence-corrected chi connectivity index (χ2v) is 4.80. The fourth-order valence-electron chi connectivity index (χ4n) is 1.64. The van der Waals surface area contributed by atoms with Crippen molar-refractivity contribution < 1.29 is 18.0 Å². The molecule has 0 atom stereocenters. The van der Waals surface area contributed by atoms with E-state index >= 15 is 0 Å². The summed E-state index contributed by atoms with van der Waals surface area (Å²) < 4.78 is 37.4. The Bertz CT molecular complexity index is 494. The molecule has 0 aliphatic carbocycles. The van der Waals surface area contributed by atoms with Gasteiger partial charge in [-0.15, -0.1) is 0 Å². The summed E-state index contributed by atoms with van der Waals surface area (Å²) in [6.07, 6.45) is -3.61. The summed E-state index contributed by atoms with van der Waals surface area (Å²) in [5.41, 5.74) is -0.177. The average molecular weight is 324 g/mol. The number of alkyl halides is 3. The highest BCUT2D eigenvalue weighted by molar-refractivity contribution is 6.33. The lowest BCUT2D eigenvalue weighted by atomic mass is 10.3. The van der Waals surface area contributed by atoms with E-state index in [1.807, 2.05) is 6.92 Å². The van der Waals surface area contributed by atoms with Gasteiger partial charge in [0.1, 0.15) is 18.1 Å². The number of amides is 1. The van der Waals surface area contributed by atoms with Crippen LogP contribution < -0.4 is 5.32 Å². The van der Waals surface area contributed by atoms with Crippen molar-refractivity contribution in [3.05, 3.63) is 22.8 Å². The molecule has 0 radical (unpaired) electrons. The lowest BCUT2D eigenvalue weighted by molar-refractivity contribution is -0.140. The van der Waals surface area contributed by atoms with Gasteiger partial charge in [-0.25, -0.2) is 4.98 Å². The van der Waals surface area contributed by atoms with Crippen molar-refractivity contribution >= 4 is 23.3 Å². The van der Waals surface area contributed by atoms with E-state index in [4.69, 9.17) is 11.6 Å². The van der Waals surface area contributed by atoms with E-state index in [0.717, 1.165) is 6.42 Å². The standard InChI is InChI=1S/C13H17ClF3N3O/c1-3-7-18-10-6-5-9(14)11(19-10)12(21)20(4-2)8-13(15,16)17/h5-6H,3-4,7-8H2,1-2H3,(H,18,19). The number of nitrogens with one attached hydrogen (secondary N) is 1. The van der Waals surface area contributed by atoms with Crippen molar-refractivity contribution in [1.82, 2.24) is 9.88 Å². The number of halogens is 4. The molecule has 0 aromatic carbocycles. The molecule has 0 unspecified atom stereocenters. The average Bonchev–Trinajstić information content (AvgIpc) is 2.42. The first-order chi connectivity index (χ1) is 9.78. The Hall–Kier alpha value is -1.50. The summed E-state index contributed by atoms with van der Waals surface area (Å²) in [5, 5.41) is 2.99. The third-order valence-corrected chi connectivity index (χ3v) is 2.95. The molecule has 118 valence electrons. The molecule has 0 aliphatic rings. The predicted octanol–water partition coefficient (Wildman–Crippen LogP) is 3.58. The fourth-order valence-corrected chi connectivity index (χ4v) is 1.82. The summed E-state index contributed by atoms with van der Waals surface area (Å²) in [5.74, 6) is -0.423. The Kier molecular flexibility index (Phi) is 6.26. The molecular weight excluding hydrogens is 307 g/mol. The van der Waals surface area contributed by atoms with Crippen LogP contribution in [0.15, 0.2) is 12.1 Å². The quantitative estimate of drug-likeness (QED) is 0.870. The predicted molar refractivity (Wildman–Crippen MR) is 75.7 cm³/mol. The maximum atomic E-state index is 12.5. The van der Waals surface area contributed by atoms with Crippen LogP contribution in [-0.4, -0.2) is 41.6 Å². The van der Waals surface area contributed by atoms with Crippen molar-refractivity contribution in [3.63, 3.8) is 0 Å². The number of pyridine rings is 1. The van der Waals surface area contributed by atoms with Crippen LogP contribution in [0.4, 0.5) is 19.0 Å². The molecule has 1 aromatic rings. The van der Waals surface area contributed by atoms with Crippen LogP contribution in [0.5, 0.6) is 0 Å². The maximum Gasteiger partial charge on any atom is 0.406 e. The number of hydrogen-bond acceptors (Lipinski definition) is 3. The van der Waals surface area contributed by atoms with Crippen molar-refractivity contribution in [3.8, 4) is 0 Å². The lowest BCUT2D eigenvalue weighted by Gasteiger charge is -2.22. The number of nitrogens with zero attached hydrogens (tertiary/aromatic N) is 2. The van der Waals surface area contributed by atoms with Gasteiger partial charge in [-0.2, -0.15) is 13.2 Å². The highest BCUT2D eigenvalue weighted by atomic mass is 35.5. The Morgan fingerprint density at radius 1 is 1.38 bits per heavy atom. The smallest absolute Gasteiger partial charge is 0.370 e. The zero-order valence-corrected chi connectivity index (χ0v) is 12.6. The van der Waals surface area contributed by atoms with Crippen LogP contribution in [0.25, 0.3) is 0 Å².